The van der Waals surface area contributed by atoms with Crippen LogP contribution in [0.5, 0.6) is 0 Å². The Hall–Kier alpha value is -1.92. The zero-order valence-corrected chi connectivity index (χ0v) is 10.5. The lowest BCUT2D eigenvalue weighted by atomic mass is 9.94. The lowest BCUT2D eigenvalue weighted by molar-refractivity contribution is -0.137. The Morgan fingerprint density at radius 3 is 2.40 bits per heavy atom. The molecule has 1 aliphatic rings. The number of carbonyl (C=O) groups excluding carboxylic acids is 2. The zero-order chi connectivity index (χ0) is 14.8. The number of ketones is 1. The van der Waals surface area contributed by atoms with Gasteiger partial charge in [0.25, 0.3) is 5.91 Å². The summed E-state index contributed by atoms with van der Waals surface area (Å²) in [6.07, 6.45) is -1.86. The second kappa shape index (κ2) is 5.60. The van der Waals surface area contributed by atoms with Crippen molar-refractivity contribution in [2.45, 2.75) is 37.9 Å². The Morgan fingerprint density at radius 2 is 1.90 bits per heavy atom. The van der Waals surface area contributed by atoms with E-state index in [-0.39, 0.29) is 17.5 Å². The molecule has 1 aromatic rings. The van der Waals surface area contributed by atoms with Crippen molar-refractivity contribution in [2.24, 2.45) is 0 Å². The molecule has 7 heteroatoms. The molecule has 0 saturated heterocycles. The van der Waals surface area contributed by atoms with E-state index < -0.39 is 17.6 Å². The van der Waals surface area contributed by atoms with Crippen molar-refractivity contribution in [3.8, 4) is 0 Å². The summed E-state index contributed by atoms with van der Waals surface area (Å²) in [5, 5.41) is 2.68. The maximum absolute atomic E-state index is 12.4. The van der Waals surface area contributed by atoms with Gasteiger partial charge in [-0.1, -0.05) is 0 Å². The molecule has 0 unspecified atom stereocenters. The maximum atomic E-state index is 12.4. The first-order chi connectivity index (χ1) is 9.36. The van der Waals surface area contributed by atoms with Crippen LogP contribution in [0, 0.1) is 0 Å². The Balaban J connectivity index is 1.97. The van der Waals surface area contributed by atoms with E-state index >= 15 is 0 Å². The quantitative estimate of drug-likeness (QED) is 0.907. The molecule has 0 atom stereocenters. The van der Waals surface area contributed by atoms with Gasteiger partial charge in [0, 0.05) is 25.1 Å². The first-order valence-corrected chi connectivity index (χ1v) is 6.22. The highest BCUT2D eigenvalue weighted by molar-refractivity contribution is 5.92. The summed E-state index contributed by atoms with van der Waals surface area (Å²) >= 11 is 0. The fraction of sp³-hybridized carbons (Fsp3) is 0.462. The van der Waals surface area contributed by atoms with Gasteiger partial charge in [0.05, 0.1) is 5.56 Å². The SMILES string of the molecule is O=C1CCC(NC(=O)c2ccc(C(F)(F)F)cn2)CC1. The summed E-state index contributed by atoms with van der Waals surface area (Å²) in [5.74, 6) is -0.346. The highest BCUT2D eigenvalue weighted by Gasteiger charge is 2.31. The monoisotopic (exact) mass is 286 g/mol. The molecule has 1 N–H and O–H groups in total. The van der Waals surface area contributed by atoms with Gasteiger partial charge < -0.3 is 5.32 Å². The summed E-state index contributed by atoms with van der Waals surface area (Å²) < 4.78 is 37.1. The minimum Gasteiger partial charge on any atom is -0.348 e. The maximum Gasteiger partial charge on any atom is 0.417 e. The molecule has 1 aliphatic carbocycles. The van der Waals surface area contributed by atoms with E-state index in [1.165, 1.54) is 0 Å². The van der Waals surface area contributed by atoms with Crippen LogP contribution >= 0.6 is 0 Å². The van der Waals surface area contributed by atoms with Crippen LogP contribution in [0.2, 0.25) is 0 Å². The van der Waals surface area contributed by atoms with Gasteiger partial charge >= 0.3 is 6.18 Å². The molecular formula is C13H13F3N2O2. The minimum atomic E-state index is -4.47. The average Bonchev–Trinajstić information content (AvgIpc) is 2.40. The number of carbonyl (C=O) groups is 2. The Morgan fingerprint density at radius 1 is 1.25 bits per heavy atom. The Kier molecular flexibility index (Phi) is 4.06. The van der Waals surface area contributed by atoms with Crippen LogP contribution in [0.3, 0.4) is 0 Å². The molecule has 4 nitrogen and oxygen atoms in total. The van der Waals surface area contributed by atoms with E-state index in [4.69, 9.17) is 0 Å². The second-order valence-electron chi connectivity index (χ2n) is 4.72. The molecule has 1 heterocycles. The average molecular weight is 286 g/mol. The lowest BCUT2D eigenvalue weighted by Gasteiger charge is -2.21. The van der Waals surface area contributed by atoms with E-state index in [0.29, 0.717) is 31.9 Å². The van der Waals surface area contributed by atoms with Crippen molar-refractivity contribution in [2.75, 3.05) is 0 Å². The summed E-state index contributed by atoms with van der Waals surface area (Å²) in [6.45, 7) is 0. The molecule has 1 fully saturated rings. The predicted octanol–water partition coefficient (Wildman–Crippen LogP) is 2.34. The van der Waals surface area contributed by atoms with Crippen LogP contribution in [0.25, 0.3) is 0 Å². The smallest absolute Gasteiger partial charge is 0.348 e. The standard InChI is InChI=1S/C13H13F3N2O2/c14-13(15,16)8-1-6-11(17-7-8)12(20)18-9-2-4-10(19)5-3-9/h1,6-7,9H,2-5H2,(H,18,20). The summed E-state index contributed by atoms with van der Waals surface area (Å²) in [6, 6.07) is 1.75. The zero-order valence-electron chi connectivity index (χ0n) is 10.5. The number of pyridine rings is 1. The number of Topliss-reactive ketones (excluding diaryl/α,β-unsaturated/α-hetero) is 1. The number of nitrogens with zero attached hydrogens (tertiary/aromatic N) is 1. The molecular weight excluding hydrogens is 273 g/mol. The third kappa shape index (κ3) is 3.55. The van der Waals surface area contributed by atoms with Crippen molar-refractivity contribution in [1.82, 2.24) is 10.3 Å². The predicted molar refractivity (Wildman–Crippen MR) is 64.0 cm³/mol. The van der Waals surface area contributed by atoms with E-state index in [9.17, 15) is 22.8 Å². The number of halogens is 3. The van der Waals surface area contributed by atoms with E-state index in [1.54, 1.807) is 0 Å². The molecule has 0 aliphatic heterocycles. The second-order valence-corrected chi connectivity index (χ2v) is 4.72. The Bertz CT molecular complexity index is 501. The highest BCUT2D eigenvalue weighted by atomic mass is 19.4. The number of nitrogens with one attached hydrogen (secondary N) is 1. The van der Waals surface area contributed by atoms with Gasteiger partial charge in [-0.3, -0.25) is 14.6 Å². The number of aromatic nitrogens is 1. The summed E-state index contributed by atoms with van der Waals surface area (Å²) in [7, 11) is 0. The van der Waals surface area contributed by atoms with Crippen LogP contribution in [-0.2, 0) is 11.0 Å². The van der Waals surface area contributed by atoms with Gasteiger partial charge in [-0.15, -0.1) is 0 Å². The molecule has 1 amide bonds. The topological polar surface area (TPSA) is 59.1 Å². The van der Waals surface area contributed by atoms with Crippen molar-refractivity contribution in [1.29, 1.82) is 0 Å². The van der Waals surface area contributed by atoms with Crippen molar-refractivity contribution in [3.05, 3.63) is 29.6 Å². The minimum absolute atomic E-state index is 0.0603. The Labute approximate surface area is 113 Å². The lowest BCUT2D eigenvalue weighted by Crippen LogP contribution is -2.38. The molecule has 0 bridgehead atoms. The molecule has 1 saturated carbocycles. The molecule has 0 aromatic carbocycles. The van der Waals surface area contributed by atoms with Crippen LogP contribution in [0.15, 0.2) is 18.3 Å². The van der Waals surface area contributed by atoms with Gasteiger partial charge in [-0.2, -0.15) is 13.2 Å². The summed E-state index contributed by atoms with van der Waals surface area (Å²) in [5.41, 5.74) is -0.952. The fourth-order valence-electron chi connectivity index (χ4n) is 2.04. The van der Waals surface area contributed by atoms with Crippen LogP contribution in [0.1, 0.15) is 41.7 Å². The van der Waals surface area contributed by atoms with E-state index in [1.807, 2.05) is 0 Å². The van der Waals surface area contributed by atoms with E-state index in [0.717, 1.165) is 12.1 Å². The number of alkyl halides is 3. The first kappa shape index (κ1) is 14.5. The van der Waals surface area contributed by atoms with Crippen LogP contribution < -0.4 is 5.32 Å². The summed E-state index contributed by atoms with van der Waals surface area (Å²) in [4.78, 5) is 26.4. The number of hydrogen-bond acceptors (Lipinski definition) is 3. The van der Waals surface area contributed by atoms with Gasteiger partial charge in [0.15, 0.2) is 0 Å². The van der Waals surface area contributed by atoms with Crippen molar-refractivity contribution in [3.63, 3.8) is 0 Å². The normalized spacial score (nSPS) is 17.1. The van der Waals surface area contributed by atoms with Gasteiger partial charge in [0.1, 0.15) is 11.5 Å². The highest BCUT2D eigenvalue weighted by Crippen LogP contribution is 2.28. The molecule has 0 radical (unpaired) electrons. The molecule has 1 aromatic heterocycles. The molecule has 108 valence electrons. The molecule has 0 spiro atoms. The van der Waals surface area contributed by atoms with Gasteiger partial charge in [-0.05, 0) is 25.0 Å². The fourth-order valence-corrected chi connectivity index (χ4v) is 2.04. The molecule has 20 heavy (non-hydrogen) atoms. The number of rotatable bonds is 2. The van der Waals surface area contributed by atoms with Crippen molar-refractivity contribution >= 4 is 11.7 Å². The van der Waals surface area contributed by atoms with Crippen LogP contribution in [0.4, 0.5) is 13.2 Å². The third-order valence-electron chi connectivity index (χ3n) is 3.20. The van der Waals surface area contributed by atoms with Gasteiger partial charge in [-0.25, -0.2) is 0 Å². The van der Waals surface area contributed by atoms with E-state index in [2.05, 4.69) is 10.3 Å². The number of hydrogen-bond donors (Lipinski definition) is 1. The van der Waals surface area contributed by atoms with Gasteiger partial charge in [0.2, 0.25) is 0 Å². The first-order valence-electron chi connectivity index (χ1n) is 6.22. The number of amides is 1. The van der Waals surface area contributed by atoms with Crippen LogP contribution in [-0.4, -0.2) is 22.7 Å². The third-order valence-corrected chi connectivity index (χ3v) is 3.20. The van der Waals surface area contributed by atoms with Crippen molar-refractivity contribution < 1.29 is 22.8 Å². The molecule has 2 rings (SSSR count). The largest absolute Gasteiger partial charge is 0.417 e.